The van der Waals surface area contributed by atoms with Crippen LogP contribution in [0.1, 0.15) is 18.6 Å². The largest absolute Gasteiger partial charge is 0.398 e. The van der Waals surface area contributed by atoms with Crippen LogP contribution in [0.3, 0.4) is 0 Å². The number of nitrogens with two attached hydrogens (primary N) is 1. The summed E-state index contributed by atoms with van der Waals surface area (Å²) < 4.78 is 0. The van der Waals surface area contributed by atoms with Crippen molar-refractivity contribution >= 4 is 11.5 Å². The van der Waals surface area contributed by atoms with Crippen LogP contribution in [0, 0.1) is 0 Å². The van der Waals surface area contributed by atoms with Crippen LogP contribution < -0.4 is 5.73 Å². The van der Waals surface area contributed by atoms with Crippen LogP contribution in [0.25, 0.3) is 0 Å². The predicted octanol–water partition coefficient (Wildman–Crippen LogP) is 0.891. The Hall–Kier alpha value is -1.35. The molecule has 0 aromatic heterocycles. The minimum atomic E-state index is -1.09. The lowest BCUT2D eigenvalue weighted by Crippen LogP contribution is -2.09. The zero-order valence-corrected chi connectivity index (χ0v) is 6.82. The molecule has 3 nitrogen and oxygen atoms in total. The number of nitrogen functional groups attached to an aromatic ring is 1. The Morgan fingerprint density at radius 3 is 2.58 bits per heavy atom. The zero-order valence-electron chi connectivity index (χ0n) is 6.82. The molecule has 0 fully saturated rings. The van der Waals surface area contributed by atoms with E-state index in [4.69, 9.17) is 5.73 Å². The van der Waals surface area contributed by atoms with E-state index in [9.17, 15) is 9.90 Å². The highest BCUT2D eigenvalue weighted by molar-refractivity contribution is 5.83. The number of carbonyl (C=O) groups is 1. The Bertz CT molecular complexity index is 296. The quantitative estimate of drug-likeness (QED) is 0.640. The average molecular weight is 165 g/mol. The second-order valence-electron chi connectivity index (χ2n) is 2.64. The van der Waals surface area contributed by atoms with Crippen LogP contribution in [-0.2, 0) is 4.79 Å². The maximum absolute atomic E-state index is 10.8. The number of aliphatic hydroxyl groups excluding tert-OH is 1. The Morgan fingerprint density at radius 2 is 2.08 bits per heavy atom. The smallest absolute Gasteiger partial charge is 0.162 e. The van der Waals surface area contributed by atoms with Gasteiger partial charge in [-0.2, -0.15) is 0 Å². The molecule has 1 atom stereocenters. The molecule has 12 heavy (non-hydrogen) atoms. The summed E-state index contributed by atoms with van der Waals surface area (Å²) in [6, 6.07) is 6.78. The van der Waals surface area contributed by atoms with E-state index < -0.39 is 6.10 Å². The molecule has 0 bridgehead atoms. The van der Waals surface area contributed by atoms with Gasteiger partial charge < -0.3 is 10.8 Å². The van der Waals surface area contributed by atoms with Crippen molar-refractivity contribution in [2.45, 2.75) is 13.0 Å². The molecule has 3 N–H and O–H groups in total. The number of para-hydroxylation sites is 1. The number of hydrogen-bond donors (Lipinski definition) is 2. The van der Waals surface area contributed by atoms with E-state index in [1.165, 1.54) is 6.92 Å². The molecule has 0 saturated heterocycles. The van der Waals surface area contributed by atoms with E-state index in [-0.39, 0.29) is 5.78 Å². The maximum Gasteiger partial charge on any atom is 0.162 e. The van der Waals surface area contributed by atoms with Gasteiger partial charge in [0.1, 0.15) is 6.10 Å². The first-order valence-corrected chi connectivity index (χ1v) is 3.66. The second-order valence-corrected chi connectivity index (χ2v) is 2.64. The van der Waals surface area contributed by atoms with Crippen LogP contribution in [0.15, 0.2) is 24.3 Å². The third kappa shape index (κ3) is 1.62. The van der Waals surface area contributed by atoms with Crippen LogP contribution in [0.4, 0.5) is 5.69 Å². The highest BCUT2D eigenvalue weighted by atomic mass is 16.3. The van der Waals surface area contributed by atoms with Crippen LogP contribution in [0.2, 0.25) is 0 Å². The maximum atomic E-state index is 10.8. The molecule has 0 amide bonds. The summed E-state index contributed by atoms with van der Waals surface area (Å²) in [4.78, 5) is 10.8. The summed E-state index contributed by atoms with van der Waals surface area (Å²) in [5, 5.41) is 9.35. The third-order valence-electron chi connectivity index (χ3n) is 1.68. The summed E-state index contributed by atoms with van der Waals surface area (Å²) in [5.74, 6) is -0.298. The van der Waals surface area contributed by atoms with Crippen molar-refractivity contribution in [3.63, 3.8) is 0 Å². The fourth-order valence-corrected chi connectivity index (χ4v) is 0.979. The van der Waals surface area contributed by atoms with Gasteiger partial charge in [0.2, 0.25) is 0 Å². The van der Waals surface area contributed by atoms with Crippen molar-refractivity contribution in [3.05, 3.63) is 29.8 Å². The lowest BCUT2D eigenvalue weighted by Gasteiger charge is -2.08. The van der Waals surface area contributed by atoms with Crippen LogP contribution in [0.5, 0.6) is 0 Å². The van der Waals surface area contributed by atoms with Gasteiger partial charge in [-0.15, -0.1) is 0 Å². The molecule has 0 radical (unpaired) electrons. The molecule has 1 rings (SSSR count). The van der Waals surface area contributed by atoms with Gasteiger partial charge in [0.25, 0.3) is 0 Å². The van der Waals surface area contributed by atoms with Crippen LogP contribution in [-0.4, -0.2) is 10.9 Å². The number of hydrogen-bond acceptors (Lipinski definition) is 3. The summed E-state index contributed by atoms with van der Waals surface area (Å²) in [6.45, 7) is 1.33. The van der Waals surface area contributed by atoms with Crippen LogP contribution >= 0.6 is 0 Å². The van der Waals surface area contributed by atoms with Crippen molar-refractivity contribution in [1.82, 2.24) is 0 Å². The summed E-state index contributed by atoms with van der Waals surface area (Å²) in [7, 11) is 0. The Morgan fingerprint density at radius 1 is 1.50 bits per heavy atom. The first-order chi connectivity index (χ1) is 5.63. The number of benzene rings is 1. The molecule has 3 heteroatoms. The molecule has 0 aliphatic heterocycles. The number of ketones is 1. The lowest BCUT2D eigenvalue weighted by atomic mass is 10.1. The van der Waals surface area contributed by atoms with E-state index in [1.54, 1.807) is 24.3 Å². The molecule has 0 heterocycles. The Labute approximate surface area is 70.8 Å². The first kappa shape index (κ1) is 8.74. The van der Waals surface area contributed by atoms with E-state index >= 15 is 0 Å². The highest BCUT2D eigenvalue weighted by Crippen LogP contribution is 2.19. The van der Waals surface area contributed by atoms with E-state index in [0.717, 1.165) is 0 Å². The number of aliphatic hydroxyl groups is 1. The number of anilines is 1. The standard InChI is InChI=1S/C9H11NO2/c1-6(11)9(12)7-4-2-3-5-8(7)10/h2-5,9,12H,10H2,1H3/t9-/m0/s1. The van der Waals surface area contributed by atoms with Crippen molar-refractivity contribution in [3.8, 4) is 0 Å². The van der Waals surface area contributed by atoms with Crippen molar-refractivity contribution < 1.29 is 9.90 Å². The van der Waals surface area contributed by atoms with Gasteiger partial charge in [-0.3, -0.25) is 4.79 Å². The van der Waals surface area contributed by atoms with Gasteiger partial charge >= 0.3 is 0 Å². The van der Waals surface area contributed by atoms with Gasteiger partial charge in [0.15, 0.2) is 5.78 Å². The number of Topliss-reactive ketones (excluding diaryl/α,β-unsaturated/α-hetero) is 1. The fourth-order valence-electron chi connectivity index (χ4n) is 0.979. The molecular weight excluding hydrogens is 154 g/mol. The zero-order chi connectivity index (χ0) is 9.14. The SMILES string of the molecule is CC(=O)[C@H](O)c1ccccc1N. The minimum absolute atomic E-state index is 0.298. The van der Waals surface area contributed by atoms with Crippen molar-refractivity contribution in [1.29, 1.82) is 0 Å². The summed E-state index contributed by atoms with van der Waals surface area (Å²) >= 11 is 0. The number of rotatable bonds is 2. The van der Waals surface area contributed by atoms with E-state index in [1.807, 2.05) is 0 Å². The van der Waals surface area contributed by atoms with Crippen molar-refractivity contribution in [2.24, 2.45) is 0 Å². The Kier molecular flexibility index (Phi) is 2.45. The molecule has 0 saturated carbocycles. The van der Waals surface area contributed by atoms with E-state index in [0.29, 0.717) is 11.3 Å². The molecule has 64 valence electrons. The van der Waals surface area contributed by atoms with Gasteiger partial charge in [0.05, 0.1) is 0 Å². The monoisotopic (exact) mass is 165 g/mol. The van der Waals surface area contributed by atoms with E-state index in [2.05, 4.69) is 0 Å². The van der Waals surface area contributed by atoms with Crippen molar-refractivity contribution in [2.75, 3.05) is 5.73 Å². The molecule has 0 aliphatic carbocycles. The predicted molar refractivity (Wildman–Crippen MR) is 46.5 cm³/mol. The normalized spacial score (nSPS) is 12.5. The molecule has 1 aromatic rings. The topological polar surface area (TPSA) is 63.3 Å². The summed E-state index contributed by atoms with van der Waals surface area (Å²) in [5.41, 5.74) is 6.47. The molecule has 1 aromatic carbocycles. The average Bonchev–Trinajstić information content (AvgIpc) is 2.04. The Balaban J connectivity index is 3.02. The molecule has 0 unspecified atom stereocenters. The highest BCUT2D eigenvalue weighted by Gasteiger charge is 2.14. The second kappa shape index (κ2) is 3.36. The first-order valence-electron chi connectivity index (χ1n) is 3.66. The number of carbonyl (C=O) groups excluding carboxylic acids is 1. The molecule has 0 aliphatic rings. The van der Waals surface area contributed by atoms with Gasteiger partial charge in [-0.05, 0) is 13.0 Å². The molecular formula is C9H11NO2. The molecule has 0 spiro atoms. The fraction of sp³-hybridized carbons (Fsp3) is 0.222. The lowest BCUT2D eigenvalue weighted by molar-refractivity contribution is -0.125. The van der Waals surface area contributed by atoms with Gasteiger partial charge in [-0.25, -0.2) is 0 Å². The van der Waals surface area contributed by atoms with Gasteiger partial charge in [-0.1, -0.05) is 18.2 Å². The van der Waals surface area contributed by atoms with Gasteiger partial charge in [0, 0.05) is 11.3 Å². The minimum Gasteiger partial charge on any atom is -0.398 e. The third-order valence-corrected chi connectivity index (χ3v) is 1.68. The summed E-state index contributed by atoms with van der Waals surface area (Å²) in [6.07, 6.45) is -1.09.